The maximum atomic E-state index is 12.5. The molecule has 0 aliphatic rings. The van der Waals surface area contributed by atoms with E-state index >= 15 is 0 Å². The molecule has 0 saturated carbocycles. The fourth-order valence-corrected chi connectivity index (χ4v) is 1.16. The number of hydrogen-bond donors (Lipinski definition) is 1. The van der Waals surface area contributed by atoms with Gasteiger partial charge in [0.15, 0.2) is 0 Å². The van der Waals surface area contributed by atoms with E-state index in [9.17, 15) is 12.8 Å². The zero-order valence-electron chi connectivity index (χ0n) is 7.76. The van der Waals surface area contributed by atoms with E-state index in [4.69, 9.17) is 0 Å². The Hall–Kier alpha value is -1.24. The van der Waals surface area contributed by atoms with Crippen LogP contribution in [0.15, 0.2) is 30.3 Å². The summed E-state index contributed by atoms with van der Waals surface area (Å²) in [4.78, 5) is 0. The Labute approximate surface area is 87.4 Å². The first-order valence-electron chi connectivity index (χ1n) is 4.06. The first-order chi connectivity index (χ1) is 6.97. The average molecular weight is 231 g/mol. The molecular formula is C9H10FNO3S. The summed E-state index contributed by atoms with van der Waals surface area (Å²) in [5.41, 5.74) is 0.745. The highest BCUT2D eigenvalue weighted by molar-refractivity contribution is 7.84. The maximum Gasteiger partial charge on any atom is 0.333 e. The minimum atomic E-state index is -3.90. The number of benzene rings is 1. The number of rotatable bonds is 4. The minimum Gasteiger partial charge on any atom is -0.254 e. The third-order valence-electron chi connectivity index (χ3n) is 1.51. The van der Waals surface area contributed by atoms with Crippen molar-refractivity contribution in [2.24, 2.45) is 5.14 Å². The Kier molecular flexibility index (Phi) is 3.96. The van der Waals surface area contributed by atoms with Gasteiger partial charge in [-0.15, -0.1) is 0 Å². The van der Waals surface area contributed by atoms with Crippen LogP contribution in [0.2, 0.25) is 0 Å². The van der Waals surface area contributed by atoms with Crippen LogP contribution in [0, 0.1) is 5.82 Å². The van der Waals surface area contributed by atoms with Crippen LogP contribution in [0.5, 0.6) is 0 Å². The van der Waals surface area contributed by atoms with Gasteiger partial charge in [0, 0.05) is 0 Å². The Balaban J connectivity index is 2.48. The largest absolute Gasteiger partial charge is 0.333 e. The Morgan fingerprint density at radius 1 is 1.33 bits per heavy atom. The quantitative estimate of drug-likeness (QED) is 0.842. The van der Waals surface area contributed by atoms with Crippen molar-refractivity contribution >= 4 is 16.4 Å². The molecule has 6 heteroatoms. The van der Waals surface area contributed by atoms with Gasteiger partial charge in [0.05, 0.1) is 6.61 Å². The molecule has 0 atom stereocenters. The lowest BCUT2D eigenvalue weighted by atomic mass is 10.2. The zero-order chi connectivity index (χ0) is 11.3. The first-order valence-corrected chi connectivity index (χ1v) is 5.54. The SMILES string of the molecule is NS(=O)(=O)OC/C=C/c1ccc(F)cc1. The molecule has 0 aliphatic carbocycles. The molecule has 0 aliphatic heterocycles. The summed E-state index contributed by atoms with van der Waals surface area (Å²) in [6.45, 7) is -0.143. The second kappa shape index (κ2) is 5.01. The van der Waals surface area contributed by atoms with Crippen LogP contribution in [0.1, 0.15) is 5.56 Å². The van der Waals surface area contributed by atoms with Gasteiger partial charge in [-0.25, -0.2) is 9.53 Å². The van der Waals surface area contributed by atoms with Gasteiger partial charge < -0.3 is 0 Å². The number of hydrogen-bond acceptors (Lipinski definition) is 3. The Morgan fingerprint density at radius 2 is 1.93 bits per heavy atom. The van der Waals surface area contributed by atoms with E-state index in [2.05, 4.69) is 9.32 Å². The highest BCUT2D eigenvalue weighted by Crippen LogP contribution is 2.04. The second-order valence-electron chi connectivity index (χ2n) is 2.73. The predicted octanol–water partition coefficient (Wildman–Crippen LogP) is 1.06. The monoisotopic (exact) mass is 231 g/mol. The second-order valence-corrected chi connectivity index (χ2v) is 3.95. The number of nitrogens with two attached hydrogens (primary N) is 1. The highest BCUT2D eigenvalue weighted by Gasteiger charge is 1.97. The van der Waals surface area contributed by atoms with Gasteiger partial charge in [-0.1, -0.05) is 24.3 Å². The van der Waals surface area contributed by atoms with Gasteiger partial charge in [0.1, 0.15) is 5.82 Å². The summed E-state index contributed by atoms with van der Waals surface area (Å²) in [7, 11) is -3.90. The van der Waals surface area contributed by atoms with Gasteiger partial charge in [-0.2, -0.15) is 8.42 Å². The van der Waals surface area contributed by atoms with Crippen LogP contribution in [0.3, 0.4) is 0 Å². The van der Waals surface area contributed by atoms with Crippen molar-refractivity contribution in [3.05, 3.63) is 41.7 Å². The lowest BCUT2D eigenvalue weighted by molar-refractivity contribution is 0.358. The van der Waals surface area contributed by atoms with Crippen LogP contribution in [0.4, 0.5) is 4.39 Å². The maximum absolute atomic E-state index is 12.5. The first kappa shape index (κ1) is 11.8. The lowest BCUT2D eigenvalue weighted by Gasteiger charge is -1.95. The molecule has 1 aromatic rings. The smallest absolute Gasteiger partial charge is 0.254 e. The molecule has 0 spiro atoms. The standard InChI is InChI=1S/C9H10FNO3S/c10-9-5-3-8(4-6-9)2-1-7-14-15(11,12)13/h1-6H,7H2,(H2,11,12,13)/b2-1+. The molecule has 0 saturated heterocycles. The van der Waals surface area contributed by atoms with Gasteiger partial charge in [0.2, 0.25) is 0 Å². The average Bonchev–Trinajstić information content (AvgIpc) is 2.14. The van der Waals surface area contributed by atoms with E-state index in [1.54, 1.807) is 18.2 Å². The van der Waals surface area contributed by atoms with Crippen molar-refractivity contribution in [2.75, 3.05) is 6.61 Å². The lowest BCUT2D eigenvalue weighted by Crippen LogP contribution is -2.15. The van der Waals surface area contributed by atoms with Gasteiger partial charge in [-0.3, -0.25) is 4.18 Å². The molecule has 0 radical (unpaired) electrons. The minimum absolute atomic E-state index is 0.143. The van der Waals surface area contributed by atoms with Gasteiger partial charge >= 0.3 is 10.3 Å². The van der Waals surface area contributed by atoms with Crippen molar-refractivity contribution in [1.82, 2.24) is 0 Å². The van der Waals surface area contributed by atoms with E-state index in [0.717, 1.165) is 5.56 Å². The van der Waals surface area contributed by atoms with E-state index in [-0.39, 0.29) is 12.4 Å². The van der Waals surface area contributed by atoms with Crippen molar-refractivity contribution in [1.29, 1.82) is 0 Å². The van der Waals surface area contributed by atoms with E-state index in [0.29, 0.717) is 0 Å². The van der Waals surface area contributed by atoms with Crippen molar-refractivity contribution in [2.45, 2.75) is 0 Å². The van der Waals surface area contributed by atoms with E-state index < -0.39 is 10.3 Å². The van der Waals surface area contributed by atoms with Crippen LogP contribution in [0.25, 0.3) is 6.08 Å². The molecule has 4 nitrogen and oxygen atoms in total. The molecule has 0 unspecified atom stereocenters. The third-order valence-corrected chi connectivity index (χ3v) is 1.97. The van der Waals surface area contributed by atoms with Crippen LogP contribution < -0.4 is 5.14 Å². The molecule has 0 fully saturated rings. The molecule has 82 valence electrons. The molecule has 0 amide bonds. The summed E-state index contributed by atoms with van der Waals surface area (Å²) in [6, 6.07) is 5.73. The summed E-state index contributed by atoms with van der Waals surface area (Å²) in [5.74, 6) is -0.326. The van der Waals surface area contributed by atoms with Crippen LogP contribution in [-0.4, -0.2) is 15.0 Å². The Morgan fingerprint density at radius 3 is 2.47 bits per heavy atom. The van der Waals surface area contributed by atoms with Gasteiger partial charge in [-0.05, 0) is 17.7 Å². The van der Waals surface area contributed by atoms with Gasteiger partial charge in [0.25, 0.3) is 0 Å². The molecule has 0 aromatic heterocycles. The normalized spacial score (nSPS) is 12.1. The van der Waals surface area contributed by atoms with E-state index in [1.165, 1.54) is 18.2 Å². The summed E-state index contributed by atoms with van der Waals surface area (Å²) < 4.78 is 37.5. The van der Waals surface area contributed by atoms with E-state index in [1.807, 2.05) is 0 Å². The van der Waals surface area contributed by atoms with Crippen molar-refractivity contribution < 1.29 is 17.0 Å². The topological polar surface area (TPSA) is 69.4 Å². The third kappa shape index (κ3) is 5.26. The van der Waals surface area contributed by atoms with Crippen molar-refractivity contribution in [3.63, 3.8) is 0 Å². The molecular weight excluding hydrogens is 221 g/mol. The van der Waals surface area contributed by atoms with Crippen molar-refractivity contribution in [3.8, 4) is 0 Å². The molecule has 1 aromatic carbocycles. The van der Waals surface area contributed by atoms with Crippen LogP contribution >= 0.6 is 0 Å². The predicted molar refractivity (Wildman–Crippen MR) is 54.5 cm³/mol. The zero-order valence-corrected chi connectivity index (χ0v) is 8.58. The summed E-state index contributed by atoms with van der Waals surface area (Å²) >= 11 is 0. The summed E-state index contributed by atoms with van der Waals surface area (Å²) in [6.07, 6.45) is 3.07. The highest BCUT2D eigenvalue weighted by atomic mass is 32.2. The fraction of sp³-hybridized carbons (Fsp3) is 0.111. The molecule has 1 rings (SSSR count). The van der Waals surface area contributed by atoms with Crippen LogP contribution in [-0.2, 0) is 14.5 Å². The summed E-state index contributed by atoms with van der Waals surface area (Å²) in [5, 5.41) is 4.60. The fourth-order valence-electron chi connectivity index (χ4n) is 0.892. The molecule has 2 N–H and O–H groups in total. The molecule has 15 heavy (non-hydrogen) atoms. The number of halogens is 1. The molecule has 0 heterocycles. The molecule has 0 bridgehead atoms. The Bertz CT molecular complexity index is 439.